The van der Waals surface area contributed by atoms with Gasteiger partial charge in [0.05, 0.1) is 13.2 Å². The highest BCUT2D eigenvalue weighted by Crippen LogP contribution is 2.13. The molecule has 192 valence electrons. The Labute approximate surface area is 232 Å². The second kappa shape index (κ2) is 15.8. The fraction of sp³-hybridized carbons (Fsp3) is 0.400. The van der Waals surface area contributed by atoms with Crippen molar-refractivity contribution in [3.63, 3.8) is 0 Å². The Bertz CT molecular complexity index is 1080. The van der Waals surface area contributed by atoms with E-state index in [0.717, 1.165) is 45.8 Å². The standard InChI is InChI=1S/C30H36Br2N2O2/c1-3-5-7-9-19-35-29-27(21-23-11-15-25(31)16-12-23)34-30(36-20-10-8-6-4-2)28(33-29)22-24-13-17-26(32)18-14-24/h11-18,21-22H,3-10,19-20H2,1-2H3/b27-21-,28-22-. The molecule has 3 aromatic rings. The van der Waals surface area contributed by atoms with Crippen molar-refractivity contribution in [2.45, 2.75) is 65.2 Å². The van der Waals surface area contributed by atoms with Gasteiger partial charge in [-0.05, 0) is 60.4 Å². The molecule has 36 heavy (non-hydrogen) atoms. The van der Waals surface area contributed by atoms with Crippen LogP contribution < -0.4 is 20.2 Å². The van der Waals surface area contributed by atoms with E-state index in [1.807, 2.05) is 60.7 Å². The molecule has 0 N–H and O–H groups in total. The first-order valence-electron chi connectivity index (χ1n) is 13.0. The highest BCUT2D eigenvalue weighted by Gasteiger charge is 2.09. The Balaban J connectivity index is 2.02. The maximum atomic E-state index is 6.19. The van der Waals surface area contributed by atoms with Gasteiger partial charge in [-0.3, -0.25) is 0 Å². The minimum absolute atomic E-state index is 0.538. The molecule has 4 nitrogen and oxygen atoms in total. The first-order chi connectivity index (χ1) is 17.6. The molecule has 0 spiro atoms. The van der Waals surface area contributed by atoms with E-state index in [9.17, 15) is 0 Å². The van der Waals surface area contributed by atoms with Gasteiger partial charge < -0.3 is 9.47 Å². The molecule has 0 radical (unpaired) electrons. The van der Waals surface area contributed by atoms with Crippen molar-refractivity contribution < 1.29 is 9.47 Å². The average molecular weight is 616 g/mol. The van der Waals surface area contributed by atoms with Crippen LogP contribution >= 0.6 is 31.9 Å². The van der Waals surface area contributed by atoms with Crippen molar-refractivity contribution in [1.82, 2.24) is 9.97 Å². The van der Waals surface area contributed by atoms with Gasteiger partial charge in [0.2, 0.25) is 11.8 Å². The Morgan fingerprint density at radius 3 is 1.33 bits per heavy atom. The third-order valence-corrected chi connectivity index (χ3v) is 6.76. The second-order valence-electron chi connectivity index (χ2n) is 8.81. The summed E-state index contributed by atoms with van der Waals surface area (Å²) in [5.74, 6) is 1.08. The maximum absolute atomic E-state index is 6.19. The van der Waals surface area contributed by atoms with Gasteiger partial charge >= 0.3 is 0 Å². The minimum Gasteiger partial charge on any atom is -0.476 e. The molecule has 3 rings (SSSR count). The summed E-state index contributed by atoms with van der Waals surface area (Å²) in [6.07, 6.45) is 13.1. The van der Waals surface area contributed by atoms with E-state index in [4.69, 9.17) is 19.4 Å². The highest BCUT2D eigenvalue weighted by molar-refractivity contribution is 9.10. The fourth-order valence-electron chi connectivity index (χ4n) is 3.66. The Hall–Kier alpha value is -2.18. The molecule has 0 aliphatic carbocycles. The third kappa shape index (κ3) is 9.70. The monoisotopic (exact) mass is 614 g/mol. The molecule has 0 atom stereocenters. The SMILES string of the molecule is CCCCCCOc1n/c(=C\c2ccc(Br)cc2)c(OCCCCCC)n/c1=C\c1ccc(Br)cc1. The summed E-state index contributed by atoms with van der Waals surface area (Å²) in [4.78, 5) is 9.84. The van der Waals surface area contributed by atoms with E-state index in [1.54, 1.807) is 0 Å². The zero-order chi connectivity index (χ0) is 25.6. The Morgan fingerprint density at radius 2 is 0.972 bits per heavy atom. The van der Waals surface area contributed by atoms with Gasteiger partial charge in [-0.25, -0.2) is 9.97 Å². The molecular weight excluding hydrogens is 580 g/mol. The molecule has 0 saturated carbocycles. The van der Waals surface area contributed by atoms with Crippen LogP contribution in [0, 0.1) is 0 Å². The van der Waals surface area contributed by atoms with Crippen molar-refractivity contribution in [1.29, 1.82) is 0 Å². The van der Waals surface area contributed by atoms with Gasteiger partial charge in [0, 0.05) is 8.95 Å². The van der Waals surface area contributed by atoms with Crippen LogP contribution in [-0.4, -0.2) is 23.2 Å². The quantitative estimate of drug-likeness (QED) is 0.175. The molecule has 0 fully saturated rings. The molecule has 2 aromatic carbocycles. The molecule has 1 aromatic heterocycles. The van der Waals surface area contributed by atoms with E-state index in [2.05, 4.69) is 45.7 Å². The number of benzene rings is 2. The molecule has 0 bridgehead atoms. The van der Waals surface area contributed by atoms with Gasteiger partial charge in [0.1, 0.15) is 10.7 Å². The van der Waals surface area contributed by atoms with Crippen molar-refractivity contribution >= 4 is 44.0 Å². The summed E-state index contributed by atoms with van der Waals surface area (Å²) in [5, 5.41) is 1.37. The number of hydrogen-bond acceptors (Lipinski definition) is 4. The van der Waals surface area contributed by atoms with E-state index >= 15 is 0 Å². The van der Waals surface area contributed by atoms with Crippen LogP contribution in [-0.2, 0) is 0 Å². The summed E-state index contributed by atoms with van der Waals surface area (Å²) in [6.45, 7) is 5.65. The summed E-state index contributed by atoms with van der Waals surface area (Å²) in [5.41, 5.74) is 2.06. The first-order valence-corrected chi connectivity index (χ1v) is 14.6. The van der Waals surface area contributed by atoms with E-state index < -0.39 is 0 Å². The van der Waals surface area contributed by atoms with Gasteiger partial charge in [0.15, 0.2) is 0 Å². The third-order valence-electron chi connectivity index (χ3n) is 5.70. The summed E-state index contributed by atoms with van der Waals surface area (Å²) < 4.78 is 14.5. The molecule has 0 unspecified atom stereocenters. The number of hydrogen-bond donors (Lipinski definition) is 0. The first kappa shape index (κ1) is 28.4. The summed E-state index contributed by atoms with van der Waals surface area (Å²) in [6, 6.07) is 16.3. The number of halogens is 2. The summed E-state index contributed by atoms with van der Waals surface area (Å²) in [7, 11) is 0. The predicted octanol–water partition coefficient (Wildman–Crippen LogP) is 7.58. The lowest BCUT2D eigenvalue weighted by Crippen LogP contribution is -2.26. The molecule has 0 aliphatic heterocycles. The van der Waals surface area contributed by atoms with Crippen LogP contribution in [0.25, 0.3) is 12.2 Å². The zero-order valence-corrected chi connectivity index (χ0v) is 24.5. The Morgan fingerprint density at radius 1 is 0.583 bits per heavy atom. The highest BCUT2D eigenvalue weighted by atomic mass is 79.9. The molecule has 0 aliphatic rings. The Kier molecular flexibility index (Phi) is 12.5. The smallest absolute Gasteiger partial charge is 0.240 e. The van der Waals surface area contributed by atoms with Crippen LogP contribution in [0.3, 0.4) is 0 Å². The van der Waals surface area contributed by atoms with Gasteiger partial charge in [-0.1, -0.05) is 108 Å². The van der Waals surface area contributed by atoms with E-state index in [-0.39, 0.29) is 0 Å². The number of aromatic nitrogens is 2. The lowest BCUT2D eigenvalue weighted by Gasteiger charge is -2.10. The van der Waals surface area contributed by atoms with Crippen molar-refractivity contribution in [3.05, 3.63) is 79.3 Å². The maximum Gasteiger partial charge on any atom is 0.240 e. The minimum atomic E-state index is 0.538. The van der Waals surface area contributed by atoms with Crippen LogP contribution in [0.15, 0.2) is 57.5 Å². The summed E-state index contributed by atoms with van der Waals surface area (Å²) >= 11 is 7.02. The van der Waals surface area contributed by atoms with Crippen LogP contribution in [0.4, 0.5) is 0 Å². The lowest BCUT2D eigenvalue weighted by atomic mass is 10.2. The fourth-order valence-corrected chi connectivity index (χ4v) is 4.19. The molecular formula is C30H36Br2N2O2. The second-order valence-corrected chi connectivity index (χ2v) is 10.6. The van der Waals surface area contributed by atoms with Crippen LogP contribution in [0.2, 0.25) is 0 Å². The average Bonchev–Trinajstić information content (AvgIpc) is 2.88. The number of unbranched alkanes of at least 4 members (excludes halogenated alkanes) is 6. The largest absolute Gasteiger partial charge is 0.476 e. The molecule has 1 heterocycles. The van der Waals surface area contributed by atoms with Crippen LogP contribution in [0.5, 0.6) is 11.8 Å². The molecule has 0 saturated heterocycles. The van der Waals surface area contributed by atoms with Crippen molar-refractivity contribution in [2.24, 2.45) is 0 Å². The lowest BCUT2D eigenvalue weighted by molar-refractivity contribution is 0.272. The zero-order valence-electron chi connectivity index (χ0n) is 21.3. The molecule has 6 heteroatoms. The van der Waals surface area contributed by atoms with Crippen molar-refractivity contribution in [2.75, 3.05) is 13.2 Å². The molecule has 0 amide bonds. The van der Waals surface area contributed by atoms with Crippen molar-refractivity contribution in [3.8, 4) is 11.8 Å². The topological polar surface area (TPSA) is 44.2 Å². The number of rotatable bonds is 14. The van der Waals surface area contributed by atoms with E-state index in [1.165, 1.54) is 25.7 Å². The van der Waals surface area contributed by atoms with Gasteiger partial charge in [0.25, 0.3) is 0 Å². The van der Waals surface area contributed by atoms with Crippen LogP contribution in [0.1, 0.15) is 76.3 Å². The van der Waals surface area contributed by atoms with Gasteiger partial charge in [-0.15, -0.1) is 0 Å². The number of ether oxygens (including phenoxy) is 2. The van der Waals surface area contributed by atoms with Gasteiger partial charge in [-0.2, -0.15) is 0 Å². The predicted molar refractivity (Wildman–Crippen MR) is 156 cm³/mol. The number of nitrogens with zero attached hydrogens (tertiary/aromatic N) is 2. The van der Waals surface area contributed by atoms with E-state index in [0.29, 0.717) is 35.7 Å². The normalized spacial score (nSPS) is 12.2.